The number of hydrogen-bond donors (Lipinski definition) is 2. The monoisotopic (exact) mass is 321 g/mol. The molecule has 1 aliphatic rings. The van der Waals surface area contributed by atoms with Crippen molar-refractivity contribution < 1.29 is 4.79 Å². The molecule has 4 nitrogen and oxygen atoms in total. The molecule has 1 aliphatic carbocycles. The van der Waals surface area contributed by atoms with Crippen LogP contribution in [0.2, 0.25) is 0 Å². The summed E-state index contributed by atoms with van der Waals surface area (Å²) in [6.45, 7) is 2.10. The molecule has 1 heterocycles. The lowest BCUT2D eigenvalue weighted by Crippen LogP contribution is -2.33. The third-order valence-electron chi connectivity index (χ3n) is 3.52. The number of fused-ring (bicyclic) bond motifs is 1. The zero-order valence-corrected chi connectivity index (χ0v) is 13.8. The van der Waals surface area contributed by atoms with E-state index in [9.17, 15) is 10.1 Å². The number of carbonyl (C=O) groups is 1. The molecule has 0 bridgehead atoms. The van der Waals surface area contributed by atoms with E-state index < -0.39 is 0 Å². The fourth-order valence-electron chi connectivity index (χ4n) is 2.47. The van der Waals surface area contributed by atoms with E-state index in [1.807, 2.05) is 0 Å². The Kier molecular flexibility index (Phi) is 5.71. The number of carbonyl (C=O) groups excluding carboxylic acids is 1. The summed E-state index contributed by atoms with van der Waals surface area (Å²) in [6, 6.07) is 2.25. The number of amides is 1. The van der Waals surface area contributed by atoms with Gasteiger partial charge >= 0.3 is 0 Å². The highest BCUT2D eigenvalue weighted by atomic mass is 32.1. The fraction of sp³-hybridized carbons (Fsp3) is 0.533. The normalized spacial score (nSPS) is 12.6. The molecule has 0 aromatic carbocycles. The van der Waals surface area contributed by atoms with Crippen LogP contribution in [0.5, 0.6) is 0 Å². The van der Waals surface area contributed by atoms with Gasteiger partial charge in [-0.25, -0.2) is 0 Å². The molecule has 2 rings (SSSR count). The van der Waals surface area contributed by atoms with Crippen molar-refractivity contribution in [2.45, 2.75) is 51.9 Å². The SMILES string of the molecule is CCCCCC(=O)NC(=S)Nc1sc2c(c1C#N)CCC2. The van der Waals surface area contributed by atoms with Gasteiger partial charge in [-0.05, 0) is 43.5 Å². The Bertz CT molecular complexity index is 586. The van der Waals surface area contributed by atoms with Crippen LogP contribution in [0.15, 0.2) is 0 Å². The highest BCUT2D eigenvalue weighted by Gasteiger charge is 2.22. The topological polar surface area (TPSA) is 64.9 Å². The van der Waals surface area contributed by atoms with Gasteiger partial charge in [0.05, 0.1) is 5.56 Å². The number of thiophene rings is 1. The van der Waals surface area contributed by atoms with Crippen molar-refractivity contribution >= 4 is 39.6 Å². The molecule has 0 radical (unpaired) electrons. The number of nitriles is 1. The van der Waals surface area contributed by atoms with E-state index in [2.05, 4.69) is 23.6 Å². The summed E-state index contributed by atoms with van der Waals surface area (Å²) in [5.41, 5.74) is 1.84. The van der Waals surface area contributed by atoms with Gasteiger partial charge in [0.1, 0.15) is 11.1 Å². The lowest BCUT2D eigenvalue weighted by Gasteiger charge is -2.08. The first kappa shape index (κ1) is 15.9. The average molecular weight is 321 g/mol. The molecular weight excluding hydrogens is 302 g/mol. The number of thiocarbonyl (C=S) groups is 1. The van der Waals surface area contributed by atoms with Crippen LogP contribution < -0.4 is 10.6 Å². The third kappa shape index (κ3) is 4.02. The smallest absolute Gasteiger partial charge is 0.226 e. The summed E-state index contributed by atoms with van der Waals surface area (Å²) in [5.74, 6) is -0.0662. The second-order valence-electron chi connectivity index (χ2n) is 5.13. The number of aryl methyl sites for hydroxylation is 1. The third-order valence-corrected chi connectivity index (χ3v) is 4.93. The van der Waals surface area contributed by atoms with Gasteiger partial charge in [-0.1, -0.05) is 19.8 Å². The van der Waals surface area contributed by atoms with Gasteiger partial charge in [-0.15, -0.1) is 11.3 Å². The molecule has 0 fully saturated rings. The van der Waals surface area contributed by atoms with Gasteiger partial charge in [0.15, 0.2) is 5.11 Å². The van der Waals surface area contributed by atoms with Crippen LogP contribution in [0.1, 0.15) is 55.0 Å². The minimum absolute atomic E-state index is 0.0662. The van der Waals surface area contributed by atoms with Crippen LogP contribution in [0, 0.1) is 11.3 Å². The van der Waals surface area contributed by atoms with Crippen molar-refractivity contribution in [1.82, 2.24) is 5.32 Å². The molecule has 0 aliphatic heterocycles. The summed E-state index contributed by atoms with van der Waals surface area (Å²) >= 11 is 6.74. The first-order valence-corrected chi connectivity index (χ1v) is 8.53. The Labute approximate surface area is 134 Å². The molecule has 1 aromatic rings. The molecule has 0 atom stereocenters. The first-order valence-electron chi connectivity index (χ1n) is 7.31. The predicted molar refractivity (Wildman–Crippen MR) is 89.6 cm³/mol. The minimum Gasteiger partial charge on any atom is -0.323 e. The van der Waals surface area contributed by atoms with Gasteiger partial charge in [-0.2, -0.15) is 5.26 Å². The van der Waals surface area contributed by atoms with Crippen LogP contribution in [-0.2, 0) is 17.6 Å². The fourth-order valence-corrected chi connectivity index (χ4v) is 3.99. The molecule has 112 valence electrons. The Morgan fingerprint density at radius 1 is 1.43 bits per heavy atom. The van der Waals surface area contributed by atoms with E-state index in [-0.39, 0.29) is 11.0 Å². The van der Waals surface area contributed by atoms with Crippen LogP contribution in [0.3, 0.4) is 0 Å². The number of anilines is 1. The number of rotatable bonds is 5. The van der Waals surface area contributed by atoms with Gasteiger partial charge in [0, 0.05) is 11.3 Å². The lowest BCUT2D eigenvalue weighted by molar-refractivity contribution is -0.119. The number of hydrogen-bond acceptors (Lipinski definition) is 4. The zero-order valence-electron chi connectivity index (χ0n) is 12.1. The Morgan fingerprint density at radius 2 is 2.24 bits per heavy atom. The maximum Gasteiger partial charge on any atom is 0.226 e. The van der Waals surface area contributed by atoms with Crippen LogP contribution >= 0.6 is 23.6 Å². The summed E-state index contributed by atoms with van der Waals surface area (Å²) in [4.78, 5) is 13.0. The van der Waals surface area contributed by atoms with Crippen molar-refractivity contribution in [3.8, 4) is 6.07 Å². The van der Waals surface area contributed by atoms with Crippen molar-refractivity contribution in [3.63, 3.8) is 0 Å². The molecular formula is C15H19N3OS2. The summed E-state index contributed by atoms with van der Waals surface area (Å²) in [6.07, 6.45) is 6.61. The molecule has 0 unspecified atom stereocenters. The average Bonchev–Trinajstić information content (AvgIpc) is 2.98. The highest BCUT2D eigenvalue weighted by Crippen LogP contribution is 2.38. The minimum atomic E-state index is -0.0662. The van der Waals surface area contributed by atoms with Gasteiger partial charge in [0.2, 0.25) is 5.91 Å². The molecule has 1 aromatic heterocycles. The van der Waals surface area contributed by atoms with Gasteiger partial charge in [0.25, 0.3) is 0 Å². The van der Waals surface area contributed by atoms with Gasteiger partial charge < -0.3 is 10.6 Å². The van der Waals surface area contributed by atoms with Crippen LogP contribution in [0.4, 0.5) is 5.00 Å². The van der Waals surface area contributed by atoms with Crippen molar-refractivity contribution in [2.75, 3.05) is 5.32 Å². The zero-order chi connectivity index (χ0) is 15.2. The maximum absolute atomic E-state index is 11.7. The maximum atomic E-state index is 11.7. The number of nitrogens with one attached hydrogen (secondary N) is 2. The summed E-state index contributed by atoms with van der Waals surface area (Å²) < 4.78 is 0. The Balaban J connectivity index is 1.92. The van der Waals surface area contributed by atoms with Gasteiger partial charge in [-0.3, -0.25) is 4.79 Å². The van der Waals surface area contributed by atoms with Crippen molar-refractivity contribution in [2.24, 2.45) is 0 Å². The van der Waals surface area contributed by atoms with Crippen LogP contribution in [0.25, 0.3) is 0 Å². The molecule has 6 heteroatoms. The van der Waals surface area contributed by atoms with Crippen LogP contribution in [-0.4, -0.2) is 11.0 Å². The first-order chi connectivity index (χ1) is 10.2. The predicted octanol–water partition coefficient (Wildman–Crippen LogP) is 3.50. The molecule has 21 heavy (non-hydrogen) atoms. The second-order valence-corrected chi connectivity index (χ2v) is 6.65. The lowest BCUT2D eigenvalue weighted by atomic mass is 10.1. The summed E-state index contributed by atoms with van der Waals surface area (Å²) in [7, 11) is 0. The van der Waals surface area contributed by atoms with E-state index in [0.29, 0.717) is 12.0 Å². The Hall–Kier alpha value is -1.45. The molecule has 0 saturated heterocycles. The quantitative estimate of drug-likeness (QED) is 0.643. The Morgan fingerprint density at radius 3 is 2.95 bits per heavy atom. The molecule has 0 spiro atoms. The number of unbranched alkanes of at least 4 members (excludes halogenated alkanes) is 2. The van der Waals surface area contributed by atoms with E-state index >= 15 is 0 Å². The molecule has 2 N–H and O–H groups in total. The van der Waals surface area contributed by atoms with E-state index in [1.165, 1.54) is 4.88 Å². The second kappa shape index (κ2) is 7.53. The largest absolute Gasteiger partial charge is 0.323 e. The highest BCUT2D eigenvalue weighted by molar-refractivity contribution is 7.80. The van der Waals surface area contributed by atoms with E-state index in [4.69, 9.17) is 12.2 Å². The van der Waals surface area contributed by atoms with E-state index in [1.54, 1.807) is 11.3 Å². The summed E-state index contributed by atoms with van der Waals surface area (Å²) in [5, 5.41) is 16.0. The number of nitrogens with zero attached hydrogens (tertiary/aromatic N) is 1. The van der Waals surface area contributed by atoms with Crippen molar-refractivity contribution in [3.05, 3.63) is 16.0 Å². The van der Waals surface area contributed by atoms with Crippen molar-refractivity contribution in [1.29, 1.82) is 5.26 Å². The molecule has 0 saturated carbocycles. The molecule has 1 amide bonds. The standard InChI is InChI=1S/C15H19N3OS2/c1-2-3-4-8-13(19)17-15(20)18-14-11(9-16)10-6-5-7-12(10)21-14/h2-8H2,1H3,(H2,17,18,19,20). The van der Waals surface area contributed by atoms with E-state index in [0.717, 1.165) is 49.1 Å².